The maximum absolute atomic E-state index is 9.85. The van der Waals surface area contributed by atoms with Crippen molar-refractivity contribution in [2.75, 3.05) is 12.3 Å². The number of aliphatic hydroxyl groups is 2. The minimum atomic E-state index is -2.64. The quantitative estimate of drug-likeness (QED) is 0.559. The molecule has 102 valence electrons. The van der Waals surface area contributed by atoms with Crippen molar-refractivity contribution in [2.45, 2.75) is 24.9 Å². The number of nitrogens with two attached hydrogens (primary N) is 1. The fourth-order valence-corrected chi connectivity index (χ4v) is 2.36. The SMILES string of the molecule is [2H]C([2H])(O)[C@H]1O[C@@H](n2cnc3c(=S)nc(N)[nH]c32)C[C@@H]1O. The maximum Gasteiger partial charge on any atom is 0.200 e. The van der Waals surface area contributed by atoms with E-state index in [0.29, 0.717) is 11.2 Å². The predicted molar refractivity (Wildman–Crippen MR) is 68.7 cm³/mol. The van der Waals surface area contributed by atoms with Crippen molar-refractivity contribution in [1.82, 2.24) is 19.5 Å². The Morgan fingerprint density at radius 1 is 1.74 bits per heavy atom. The highest BCUT2D eigenvalue weighted by molar-refractivity contribution is 7.71. The third-order valence-electron chi connectivity index (χ3n) is 3.00. The molecule has 1 saturated heterocycles. The van der Waals surface area contributed by atoms with Crippen LogP contribution in [-0.2, 0) is 4.74 Å². The van der Waals surface area contributed by atoms with Crippen molar-refractivity contribution in [3.63, 3.8) is 0 Å². The largest absolute Gasteiger partial charge is 0.394 e. The summed E-state index contributed by atoms with van der Waals surface area (Å²) in [6, 6.07) is 0. The van der Waals surface area contributed by atoms with Crippen molar-refractivity contribution >= 4 is 29.3 Å². The average molecular weight is 285 g/mol. The molecule has 5 N–H and O–H groups in total. The van der Waals surface area contributed by atoms with Crippen molar-refractivity contribution in [1.29, 1.82) is 0 Å². The third-order valence-corrected chi connectivity index (χ3v) is 3.28. The topological polar surface area (TPSA) is 122 Å². The number of anilines is 1. The molecule has 0 saturated carbocycles. The van der Waals surface area contributed by atoms with E-state index < -0.39 is 25.0 Å². The van der Waals surface area contributed by atoms with E-state index in [9.17, 15) is 10.2 Å². The second kappa shape index (κ2) is 4.53. The molecule has 3 atom stereocenters. The van der Waals surface area contributed by atoms with Gasteiger partial charge in [0.1, 0.15) is 23.5 Å². The summed E-state index contributed by atoms with van der Waals surface area (Å²) < 4.78 is 21.7. The maximum atomic E-state index is 9.85. The molecule has 1 aliphatic heterocycles. The van der Waals surface area contributed by atoms with Crippen LogP contribution in [0.2, 0.25) is 0 Å². The summed E-state index contributed by atoms with van der Waals surface area (Å²) in [6.07, 6.45) is -1.66. The van der Waals surface area contributed by atoms with Gasteiger partial charge in [0.2, 0.25) is 0 Å². The van der Waals surface area contributed by atoms with Gasteiger partial charge in [-0.3, -0.25) is 4.57 Å². The smallest absolute Gasteiger partial charge is 0.200 e. The number of nitrogen functional groups attached to an aromatic ring is 1. The third kappa shape index (κ3) is 2.00. The molecule has 8 nitrogen and oxygen atoms in total. The fourth-order valence-electron chi connectivity index (χ4n) is 2.11. The van der Waals surface area contributed by atoms with E-state index in [1.807, 2.05) is 0 Å². The normalized spacial score (nSPS) is 29.5. The Kier molecular flexibility index (Phi) is 2.45. The summed E-state index contributed by atoms with van der Waals surface area (Å²) in [6.45, 7) is -2.64. The molecule has 0 radical (unpaired) electrons. The van der Waals surface area contributed by atoms with Crippen LogP contribution >= 0.6 is 12.2 Å². The molecule has 3 rings (SSSR count). The zero-order valence-corrected chi connectivity index (χ0v) is 10.5. The van der Waals surface area contributed by atoms with Gasteiger partial charge in [-0.15, -0.1) is 0 Å². The van der Waals surface area contributed by atoms with Crippen LogP contribution in [0, 0.1) is 4.64 Å². The lowest BCUT2D eigenvalue weighted by atomic mass is 10.2. The second-order valence-electron chi connectivity index (χ2n) is 4.22. The van der Waals surface area contributed by atoms with E-state index in [1.54, 1.807) is 0 Å². The van der Waals surface area contributed by atoms with E-state index in [0.717, 1.165) is 0 Å². The van der Waals surface area contributed by atoms with Crippen LogP contribution in [-0.4, -0.2) is 48.5 Å². The molecular weight excluding hydrogens is 270 g/mol. The van der Waals surface area contributed by atoms with Gasteiger partial charge in [0.05, 0.1) is 21.7 Å². The van der Waals surface area contributed by atoms with Crippen LogP contribution in [0.5, 0.6) is 0 Å². The van der Waals surface area contributed by atoms with Crippen molar-refractivity contribution in [3.05, 3.63) is 11.0 Å². The Hall–Kier alpha value is -1.55. The number of aliphatic hydroxyl groups excluding tert-OH is 1. The Balaban J connectivity index is 2.01. The molecule has 0 aromatic carbocycles. The Morgan fingerprint density at radius 3 is 3.21 bits per heavy atom. The van der Waals surface area contributed by atoms with Crippen LogP contribution in [0.4, 0.5) is 5.95 Å². The standard InChI is InChI=1S/C10H13N5O3S/c11-10-13-8-7(9(19)14-10)12-3-15(8)6-1-4(17)5(2-16)18-6/h3-6,16-17H,1-2H2,(H3,11,13,14,19)/t4-,5+,6+/m0/s1/i2D2. The van der Waals surface area contributed by atoms with E-state index >= 15 is 0 Å². The van der Waals surface area contributed by atoms with Crippen LogP contribution < -0.4 is 5.73 Å². The first-order valence-electron chi connectivity index (χ1n) is 6.55. The number of nitrogens with zero attached hydrogens (tertiary/aromatic N) is 3. The van der Waals surface area contributed by atoms with Crippen molar-refractivity contribution in [2.24, 2.45) is 0 Å². The van der Waals surface area contributed by atoms with E-state index in [1.165, 1.54) is 10.9 Å². The minimum Gasteiger partial charge on any atom is -0.394 e. The number of imidazole rings is 1. The molecule has 3 heterocycles. The number of aromatic nitrogens is 4. The highest BCUT2D eigenvalue weighted by Gasteiger charge is 2.35. The number of hydrogen-bond donors (Lipinski definition) is 4. The Morgan fingerprint density at radius 2 is 2.53 bits per heavy atom. The van der Waals surface area contributed by atoms with Gasteiger partial charge >= 0.3 is 0 Å². The molecule has 0 aliphatic carbocycles. The highest BCUT2D eigenvalue weighted by Crippen LogP contribution is 2.30. The number of ether oxygens (including phenoxy) is 1. The minimum absolute atomic E-state index is 0.0963. The average Bonchev–Trinajstić information content (AvgIpc) is 2.91. The first-order chi connectivity index (χ1) is 9.77. The molecule has 2 aromatic heterocycles. The van der Waals surface area contributed by atoms with Gasteiger partial charge in [-0.1, -0.05) is 12.2 Å². The molecule has 0 unspecified atom stereocenters. The molecule has 1 aliphatic rings. The van der Waals surface area contributed by atoms with Crippen molar-refractivity contribution < 1.29 is 17.7 Å². The molecule has 19 heavy (non-hydrogen) atoms. The van der Waals surface area contributed by atoms with Gasteiger partial charge in [0, 0.05) is 6.42 Å². The summed E-state index contributed by atoms with van der Waals surface area (Å²) in [5.41, 5.74) is 6.50. The number of fused-ring (bicyclic) bond motifs is 1. The van der Waals surface area contributed by atoms with Gasteiger partial charge in [0.25, 0.3) is 0 Å². The lowest BCUT2D eigenvalue weighted by molar-refractivity contribution is -0.0432. The van der Waals surface area contributed by atoms with Gasteiger partial charge in [0.15, 0.2) is 10.6 Å². The molecule has 1 fully saturated rings. The number of H-pyrrole nitrogens is 1. The Labute approximate surface area is 115 Å². The van der Waals surface area contributed by atoms with Crippen LogP contribution in [0.1, 0.15) is 15.4 Å². The van der Waals surface area contributed by atoms with E-state index in [4.69, 9.17) is 25.4 Å². The number of aromatic amines is 1. The zero-order chi connectivity index (χ0) is 15.4. The van der Waals surface area contributed by atoms with E-state index in [-0.39, 0.29) is 17.0 Å². The second-order valence-corrected chi connectivity index (χ2v) is 4.61. The van der Waals surface area contributed by atoms with E-state index in [2.05, 4.69) is 15.0 Å². The first-order valence-corrected chi connectivity index (χ1v) is 5.96. The van der Waals surface area contributed by atoms with Crippen LogP contribution in [0.25, 0.3) is 11.2 Å². The molecule has 0 bridgehead atoms. The summed E-state index contributed by atoms with van der Waals surface area (Å²) in [4.78, 5) is 10.8. The predicted octanol–water partition coefficient (Wildman–Crippen LogP) is -0.288. The van der Waals surface area contributed by atoms with Gasteiger partial charge in [-0.2, -0.15) is 0 Å². The lowest BCUT2D eigenvalue weighted by Crippen LogP contribution is -2.24. The molecule has 0 amide bonds. The first kappa shape index (κ1) is 10.3. The molecular formula is C10H13N5O3S. The summed E-state index contributed by atoms with van der Waals surface area (Å²) in [5, 5.41) is 19.2. The monoisotopic (exact) mass is 285 g/mol. The zero-order valence-electron chi connectivity index (χ0n) is 11.6. The number of nitrogens with one attached hydrogen (secondary N) is 1. The molecule has 0 spiro atoms. The fraction of sp³-hybridized carbons (Fsp3) is 0.500. The van der Waals surface area contributed by atoms with Gasteiger partial charge in [-0.05, 0) is 0 Å². The van der Waals surface area contributed by atoms with Crippen molar-refractivity contribution in [3.8, 4) is 0 Å². The molecule has 2 aromatic rings. The number of rotatable bonds is 2. The highest BCUT2D eigenvalue weighted by atomic mass is 32.1. The lowest BCUT2D eigenvalue weighted by Gasteiger charge is -2.13. The van der Waals surface area contributed by atoms with Gasteiger partial charge < -0.3 is 25.7 Å². The van der Waals surface area contributed by atoms with Crippen LogP contribution in [0.15, 0.2) is 6.33 Å². The van der Waals surface area contributed by atoms with Gasteiger partial charge in [-0.25, -0.2) is 9.97 Å². The summed E-state index contributed by atoms with van der Waals surface area (Å²) >= 11 is 5.06. The Bertz CT molecular complexity index is 742. The summed E-state index contributed by atoms with van der Waals surface area (Å²) in [7, 11) is 0. The number of hydrogen-bond acceptors (Lipinski definition) is 7. The molecule has 9 heteroatoms. The van der Waals surface area contributed by atoms with Crippen LogP contribution in [0.3, 0.4) is 0 Å². The summed E-state index contributed by atoms with van der Waals surface area (Å²) in [5.74, 6) is 0.113.